The van der Waals surface area contributed by atoms with Gasteiger partial charge in [0, 0.05) is 24.7 Å². The van der Waals surface area contributed by atoms with Crippen molar-refractivity contribution in [3.63, 3.8) is 0 Å². The van der Waals surface area contributed by atoms with E-state index in [9.17, 15) is 4.39 Å². The van der Waals surface area contributed by atoms with Crippen molar-refractivity contribution in [3.8, 4) is 0 Å². The van der Waals surface area contributed by atoms with E-state index in [-0.39, 0.29) is 11.9 Å². The Hall–Kier alpha value is -1.65. The van der Waals surface area contributed by atoms with Crippen LogP contribution < -0.4 is 5.73 Å². The highest BCUT2D eigenvalue weighted by molar-refractivity contribution is 5.27. The Balaban J connectivity index is 2.16. The van der Waals surface area contributed by atoms with Crippen molar-refractivity contribution in [1.29, 1.82) is 0 Å². The zero-order chi connectivity index (χ0) is 13.8. The molecule has 0 radical (unpaired) electrons. The van der Waals surface area contributed by atoms with Crippen molar-refractivity contribution in [1.82, 2.24) is 4.90 Å². The van der Waals surface area contributed by atoms with Crippen LogP contribution in [0, 0.1) is 12.7 Å². The number of rotatable bonds is 5. The molecule has 0 saturated heterocycles. The zero-order valence-electron chi connectivity index (χ0n) is 11.3. The summed E-state index contributed by atoms with van der Waals surface area (Å²) in [7, 11) is 2.00. The van der Waals surface area contributed by atoms with Gasteiger partial charge in [0.25, 0.3) is 0 Å². The maximum Gasteiger partial charge on any atom is 0.126 e. The summed E-state index contributed by atoms with van der Waals surface area (Å²) in [4.78, 5) is 2.14. The third-order valence-corrected chi connectivity index (χ3v) is 3.33. The van der Waals surface area contributed by atoms with Crippen molar-refractivity contribution in [2.45, 2.75) is 19.5 Å². The molecule has 1 unspecified atom stereocenters. The highest BCUT2D eigenvalue weighted by Crippen LogP contribution is 2.22. The fourth-order valence-corrected chi connectivity index (χ4v) is 2.23. The Bertz CT molecular complexity index is 525. The highest BCUT2D eigenvalue weighted by atomic mass is 19.1. The number of aryl methyl sites for hydroxylation is 1. The van der Waals surface area contributed by atoms with Crippen LogP contribution in [0.25, 0.3) is 0 Å². The zero-order valence-corrected chi connectivity index (χ0v) is 11.3. The average Bonchev–Trinajstić information content (AvgIpc) is 2.87. The molecule has 0 saturated carbocycles. The van der Waals surface area contributed by atoms with Gasteiger partial charge >= 0.3 is 0 Å². The molecular weight excluding hydrogens is 243 g/mol. The van der Waals surface area contributed by atoms with Crippen LogP contribution in [0.5, 0.6) is 0 Å². The molecule has 0 spiro atoms. The van der Waals surface area contributed by atoms with Gasteiger partial charge in [-0.2, -0.15) is 0 Å². The van der Waals surface area contributed by atoms with Gasteiger partial charge in [-0.1, -0.05) is 12.1 Å². The monoisotopic (exact) mass is 262 g/mol. The second kappa shape index (κ2) is 5.99. The minimum Gasteiger partial charge on any atom is -0.472 e. The largest absolute Gasteiger partial charge is 0.472 e. The fourth-order valence-electron chi connectivity index (χ4n) is 2.23. The normalized spacial score (nSPS) is 12.9. The number of benzene rings is 1. The first-order valence-electron chi connectivity index (χ1n) is 6.29. The van der Waals surface area contributed by atoms with Crippen LogP contribution in [0.2, 0.25) is 0 Å². The van der Waals surface area contributed by atoms with Gasteiger partial charge in [-0.15, -0.1) is 0 Å². The standard InChI is InChI=1S/C15H19FN2O/c1-11-7-13(3-4-14(11)16)15(8-17)18(2)9-12-5-6-19-10-12/h3-7,10,15H,8-9,17H2,1-2H3. The molecule has 1 aromatic heterocycles. The number of halogens is 1. The number of hydrogen-bond donors (Lipinski definition) is 1. The lowest BCUT2D eigenvalue weighted by Gasteiger charge is -2.27. The third-order valence-electron chi connectivity index (χ3n) is 3.33. The topological polar surface area (TPSA) is 42.4 Å². The quantitative estimate of drug-likeness (QED) is 0.901. The van der Waals surface area contributed by atoms with Gasteiger partial charge in [-0.25, -0.2) is 4.39 Å². The molecule has 0 bridgehead atoms. The van der Waals surface area contributed by atoms with Crippen LogP contribution >= 0.6 is 0 Å². The summed E-state index contributed by atoms with van der Waals surface area (Å²) < 4.78 is 18.4. The van der Waals surface area contributed by atoms with E-state index in [0.29, 0.717) is 12.1 Å². The molecule has 0 fully saturated rings. The van der Waals surface area contributed by atoms with E-state index in [2.05, 4.69) is 4.90 Å². The predicted octanol–water partition coefficient (Wildman–Crippen LogP) is 2.86. The summed E-state index contributed by atoms with van der Waals surface area (Å²) in [6.45, 7) is 3.00. The summed E-state index contributed by atoms with van der Waals surface area (Å²) in [5, 5.41) is 0. The van der Waals surface area contributed by atoms with Crippen molar-refractivity contribution < 1.29 is 8.81 Å². The van der Waals surface area contributed by atoms with Crippen molar-refractivity contribution in [2.75, 3.05) is 13.6 Å². The molecule has 3 nitrogen and oxygen atoms in total. The molecule has 1 atom stereocenters. The molecule has 0 aliphatic rings. The highest BCUT2D eigenvalue weighted by Gasteiger charge is 2.16. The van der Waals surface area contributed by atoms with Gasteiger partial charge in [0.2, 0.25) is 0 Å². The number of nitrogens with zero attached hydrogens (tertiary/aromatic N) is 1. The van der Waals surface area contributed by atoms with Crippen LogP contribution in [-0.4, -0.2) is 18.5 Å². The molecule has 2 aromatic rings. The minimum absolute atomic E-state index is 0.0641. The smallest absolute Gasteiger partial charge is 0.126 e. The lowest BCUT2D eigenvalue weighted by Crippen LogP contribution is -2.30. The fraction of sp³-hybridized carbons (Fsp3) is 0.333. The Labute approximate surface area is 112 Å². The summed E-state index contributed by atoms with van der Waals surface area (Å²) >= 11 is 0. The van der Waals surface area contributed by atoms with E-state index in [1.165, 1.54) is 6.07 Å². The lowest BCUT2D eigenvalue weighted by molar-refractivity contribution is 0.241. The molecule has 0 aliphatic heterocycles. The van der Waals surface area contributed by atoms with Crippen LogP contribution in [-0.2, 0) is 6.54 Å². The molecule has 1 aromatic carbocycles. The first-order chi connectivity index (χ1) is 9.11. The van der Waals surface area contributed by atoms with E-state index < -0.39 is 0 Å². The molecule has 0 aliphatic carbocycles. The van der Waals surface area contributed by atoms with E-state index in [0.717, 1.165) is 17.7 Å². The maximum atomic E-state index is 13.3. The summed E-state index contributed by atoms with van der Waals surface area (Å²) in [6, 6.07) is 7.15. The second-order valence-corrected chi connectivity index (χ2v) is 4.81. The summed E-state index contributed by atoms with van der Waals surface area (Å²) in [5.74, 6) is -0.183. The van der Waals surface area contributed by atoms with Crippen molar-refractivity contribution >= 4 is 0 Å². The molecule has 4 heteroatoms. The Morgan fingerprint density at radius 3 is 2.74 bits per heavy atom. The second-order valence-electron chi connectivity index (χ2n) is 4.81. The van der Waals surface area contributed by atoms with Gasteiger partial charge in [0.05, 0.1) is 12.5 Å². The van der Waals surface area contributed by atoms with Gasteiger partial charge in [-0.3, -0.25) is 4.90 Å². The maximum absolute atomic E-state index is 13.3. The Kier molecular flexibility index (Phi) is 4.35. The van der Waals surface area contributed by atoms with Crippen molar-refractivity contribution in [3.05, 3.63) is 59.3 Å². The molecule has 2 rings (SSSR count). The lowest BCUT2D eigenvalue weighted by atomic mass is 10.0. The first kappa shape index (κ1) is 13.8. The van der Waals surface area contributed by atoms with Gasteiger partial charge in [-0.05, 0) is 37.2 Å². The Morgan fingerprint density at radius 1 is 1.37 bits per heavy atom. The van der Waals surface area contributed by atoms with E-state index >= 15 is 0 Å². The van der Waals surface area contributed by atoms with E-state index in [1.807, 2.05) is 19.2 Å². The van der Waals surface area contributed by atoms with E-state index in [1.54, 1.807) is 25.5 Å². The molecule has 19 heavy (non-hydrogen) atoms. The van der Waals surface area contributed by atoms with Gasteiger partial charge in [0.1, 0.15) is 5.82 Å². The summed E-state index contributed by atoms with van der Waals surface area (Å²) in [6.07, 6.45) is 3.38. The summed E-state index contributed by atoms with van der Waals surface area (Å²) in [5.41, 5.74) is 8.64. The van der Waals surface area contributed by atoms with Crippen LogP contribution in [0.4, 0.5) is 4.39 Å². The van der Waals surface area contributed by atoms with Gasteiger partial charge in [0.15, 0.2) is 0 Å². The number of furan rings is 1. The first-order valence-corrected chi connectivity index (χ1v) is 6.29. The molecule has 0 amide bonds. The average molecular weight is 262 g/mol. The number of nitrogens with two attached hydrogens (primary N) is 1. The van der Waals surface area contributed by atoms with Crippen LogP contribution in [0.1, 0.15) is 22.7 Å². The van der Waals surface area contributed by atoms with Crippen molar-refractivity contribution in [2.24, 2.45) is 5.73 Å². The van der Waals surface area contributed by atoms with Crippen LogP contribution in [0.15, 0.2) is 41.2 Å². The molecule has 102 valence electrons. The van der Waals surface area contributed by atoms with Crippen LogP contribution in [0.3, 0.4) is 0 Å². The molecule has 1 heterocycles. The number of hydrogen-bond acceptors (Lipinski definition) is 3. The van der Waals surface area contributed by atoms with Gasteiger partial charge < -0.3 is 10.2 Å². The number of likely N-dealkylation sites (N-methyl/N-ethyl adjacent to an activating group) is 1. The predicted molar refractivity (Wildman–Crippen MR) is 73.1 cm³/mol. The minimum atomic E-state index is -0.183. The molecular formula is C15H19FN2O. The Morgan fingerprint density at radius 2 is 2.16 bits per heavy atom. The molecule has 2 N–H and O–H groups in total. The third kappa shape index (κ3) is 3.22. The SMILES string of the molecule is Cc1cc(C(CN)N(C)Cc2ccoc2)ccc1F. The van der Waals surface area contributed by atoms with E-state index in [4.69, 9.17) is 10.2 Å².